The first-order valence-corrected chi connectivity index (χ1v) is 4.37. The maximum absolute atomic E-state index is 3.29. The number of para-hydroxylation sites is 1. The monoisotopic (exact) mass is 173 g/mol. The van der Waals surface area contributed by atoms with Crippen LogP contribution in [0.1, 0.15) is 5.56 Å². The van der Waals surface area contributed by atoms with Gasteiger partial charge in [0.1, 0.15) is 0 Å². The third-order valence-electron chi connectivity index (χ3n) is 2.21. The second-order valence-corrected chi connectivity index (χ2v) is 3.41. The minimum Gasteiger partial charge on any atom is -0.318 e. The van der Waals surface area contributed by atoms with Crippen LogP contribution in [0.15, 0.2) is 24.3 Å². The number of hydrogen-bond donors (Lipinski definition) is 0. The highest BCUT2D eigenvalue weighted by Gasteiger charge is 2.05. The summed E-state index contributed by atoms with van der Waals surface area (Å²) in [5, 5.41) is 3.30. The Kier molecular flexibility index (Phi) is 1.76. The quantitative estimate of drug-likeness (QED) is 0.640. The third-order valence-corrected chi connectivity index (χ3v) is 2.21. The Labute approximate surface area is 78.4 Å². The summed E-state index contributed by atoms with van der Waals surface area (Å²) in [5.74, 6) is 0. The molecule has 0 unspecified atom stereocenters. The van der Waals surface area contributed by atoms with Crippen LogP contribution >= 0.6 is 0 Å². The van der Waals surface area contributed by atoms with Crippen molar-refractivity contribution in [2.24, 2.45) is 0 Å². The van der Waals surface area contributed by atoms with Gasteiger partial charge in [0.05, 0.1) is 11.7 Å². The average molecular weight is 173 g/mol. The molecule has 0 aliphatic carbocycles. The van der Waals surface area contributed by atoms with E-state index < -0.39 is 0 Å². The second kappa shape index (κ2) is 2.80. The molecule has 0 N–H and O–H groups in total. The van der Waals surface area contributed by atoms with Gasteiger partial charge in [-0.1, -0.05) is 18.2 Å². The highest BCUT2D eigenvalue weighted by molar-refractivity contribution is 5.83. The Morgan fingerprint density at radius 2 is 1.92 bits per heavy atom. The first kappa shape index (κ1) is 8.17. The molecule has 0 atom stereocenters. The van der Waals surface area contributed by atoms with Gasteiger partial charge in [-0.25, -0.2) is 0 Å². The molecule has 0 aliphatic rings. The standard InChI is InChI=1S/C11H13N2/c1-9-8-13(12(2)3)11-7-5-4-6-10(9)11/h4-7H,1-3H3. The molecule has 1 heterocycles. The van der Waals surface area contributed by atoms with Crippen LogP contribution < -0.4 is 5.01 Å². The lowest BCUT2D eigenvalue weighted by Crippen LogP contribution is -2.23. The number of nitrogens with zero attached hydrogens (tertiary/aromatic N) is 2. The molecule has 2 rings (SSSR count). The number of aromatic nitrogens is 1. The van der Waals surface area contributed by atoms with Crippen LogP contribution in [0.25, 0.3) is 10.9 Å². The van der Waals surface area contributed by atoms with E-state index in [1.807, 2.05) is 23.8 Å². The molecule has 0 spiro atoms. The van der Waals surface area contributed by atoms with E-state index in [1.165, 1.54) is 16.5 Å². The molecule has 67 valence electrons. The van der Waals surface area contributed by atoms with E-state index in [-0.39, 0.29) is 0 Å². The molecular weight excluding hydrogens is 160 g/mol. The van der Waals surface area contributed by atoms with Gasteiger partial charge in [0.15, 0.2) is 0 Å². The fraction of sp³-hybridized carbons (Fsp3) is 0.273. The lowest BCUT2D eigenvalue weighted by Gasteiger charge is -2.14. The highest BCUT2D eigenvalue weighted by Crippen LogP contribution is 2.18. The topological polar surface area (TPSA) is 8.17 Å². The van der Waals surface area contributed by atoms with Crippen LogP contribution in [0.5, 0.6) is 0 Å². The summed E-state index contributed by atoms with van der Waals surface area (Å²) >= 11 is 0. The molecule has 2 nitrogen and oxygen atoms in total. The van der Waals surface area contributed by atoms with Crippen molar-refractivity contribution >= 4 is 10.9 Å². The van der Waals surface area contributed by atoms with Gasteiger partial charge in [0.2, 0.25) is 0 Å². The number of fused-ring (bicyclic) bond motifs is 1. The highest BCUT2D eigenvalue weighted by atomic mass is 15.5. The molecule has 0 saturated carbocycles. The minimum atomic E-state index is 1.20. The molecule has 13 heavy (non-hydrogen) atoms. The molecule has 2 aromatic rings. The first-order chi connectivity index (χ1) is 6.20. The Hall–Kier alpha value is -1.44. The lowest BCUT2D eigenvalue weighted by molar-refractivity contribution is 0.754. The van der Waals surface area contributed by atoms with Crippen LogP contribution in [0.4, 0.5) is 0 Å². The molecule has 1 aromatic carbocycles. The minimum absolute atomic E-state index is 1.20. The first-order valence-electron chi connectivity index (χ1n) is 4.37. The van der Waals surface area contributed by atoms with Gasteiger partial charge in [0.25, 0.3) is 0 Å². The third kappa shape index (κ3) is 1.18. The van der Waals surface area contributed by atoms with Gasteiger partial charge < -0.3 is 5.01 Å². The van der Waals surface area contributed by atoms with Crippen molar-refractivity contribution in [2.45, 2.75) is 6.92 Å². The van der Waals surface area contributed by atoms with Gasteiger partial charge in [0, 0.05) is 19.5 Å². The van der Waals surface area contributed by atoms with Crippen molar-refractivity contribution in [3.8, 4) is 0 Å². The van der Waals surface area contributed by atoms with E-state index in [1.54, 1.807) is 0 Å². The Bertz CT molecular complexity index is 427. The number of benzene rings is 1. The van der Waals surface area contributed by atoms with Crippen LogP contribution in [0.3, 0.4) is 0 Å². The van der Waals surface area contributed by atoms with Crippen molar-refractivity contribution < 1.29 is 0 Å². The van der Waals surface area contributed by atoms with E-state index in [2.05, 4.69) is 37.4 Å². The fourth-order valence-electron chi connectivity index (χ4n) is 1.57. The summed E-state index contributed by atoms with van der Waals surface area (Å²) < 4.78 is 2.03. The zero-order valence-electron chi connectivity index (χ0n) is 8.20. The predicted octanol–water partition coefficient (Wildman–Crippen LogP) is 1.95. The van der Waals surface area contributed by atoms with E-state index in [0.717, 1.165) is 0 Å². The van der Waals surface area contributed by atoms with E-state index in [9.17, 15) is 0 Å². The smallest absolute Gasteiger partial charge is 0.0924 e. The fourth-order valence-corrected chi connectivity index (χ4v) is 1.57. The van der Waals surface area contributed by atoms with Gasteiger partial charge in [-0.2, -0.15) is 0 Å². The summed E-state index contributed by atoms with van der Waals surface area (Å²) in [6, 6.07) is 8.35. The summed E-state index contributed by atoms with van der Waals surface area (Å²) in [6.45, 7) is 2.09. The lowest BCUT2D eigenvalue weighted by atomic mass is 10.2. The van der Waals surface area contributed by atoms with Crippen LogP contribution in [-0.2, 0) is 0 Å². The summed E-state index contributed by atoms with van der Waals surface area (Å²) in [4.78, 5) is 0. The number of rotatable bonds is 1. The Balaban J connectivity index is 2.78. The molecule has 0 bridgehead atoms. The largest absolute Gasteiger partial charge is 0.318 e. The van der Waals surface area contributed by atoms with Crippen molar-refractivity contribution in [1.29, 1.82) is 0 Å². The van der Waals surface area contributed by atoms with E-state index >= 15 is 0 Å². The number of hydrogen-bond acceptors (Lipinski definition) is 1. The summed E-state index contributed by atoms with van der Waals surface area (Å²) in [6.07, 6.45) is 3.29. The molecule has 1 radical (unpaired) electrons. The van der Waals surface area contributed by atoms with E-state index in [0.29, 0.717) is 0 Å². The molecule has 1 aromatic heterocycles. The molecule has 0 aliphatic heterocycles. The predicted molar refractivity (Wildman–Crippen MR) is 55.6 cm³/mol. The van der Waals surface area contributed by atoms with Crippen LogP contribution in [0, 0.1) is 13.1 Å². The molecule has 0 amide bonds. The zero-order chi connectivity index (χ0) is 9.42. The van der Waals surface area contributed by atoms with Crippen LogP contribution in [0.2, 0.25) is 0 Å². The Morgan fingerprint density at radius 3 is 2.62 bits per heavy atom. The Morgan fingerprint density at radius 1 is 1.23 bits per heavy atom. The SMILES string of the molecule is Cc1[c]n(N(C)C)c2ccccc12. The van der Waals surface area contributed by atoms with Crippen molar-refractivity contribution in [3.63, 3.8) is 0 Å². The molecule has 2 heteroatoms. The van der Waals surface area contributed by atoms with Gasteiger partial charge in [-0.05, 0) is 18.6 Å². The normalized spacial score (nSPS) is 10.7. The molecule has 0 saturated heterocycles. The van der Waals surface area contributed by atoms with Crippen molar-refractivity contribution in [1.82, 2.24) is 4.68 Å². The molecular formula is C11H13N2. The van der Waals surface area contributed by atoms with Crippen molar-refractivity contribution in [3.05, 3.63) is 36.0 Å². The maximum atomic E-state index is 3.29. The van der Waals surface area contributed by atoms with Gasteiger partial charge in [-0.3, -0.25) is 4.68 Å². The van der Waals surface area contributed by atoms with Crippen molar-refractivity contribution in [2.75, 3.05) is 19.1 Å². The van der Waals surface area contributed by atoms with Crippen LogP contribution in [-0.4, -0.2) is 18.8 Å². The second-order valence-electron chi connectivity index (χ2n) is 3.41. The van der Waals surface area contributed by atoms with E-state index in [4.69, 9.17) is 0 Å². The molecule has 0 fully saturated rings. The van der Waals surface area contributed by atoms with Gasteiger partial charge in [-0.15, -0.1) is 0 Å². The summed E-state index contributed by atoms with van der Waals surface area (Å²) in [7, 11) is 4.03. The van der Waals surface area contributed by atoms with Gasteiger partial charge >= 0.3 is 0 Å². The summed E-state index contributed by atoms with van der Waals surface area (Å²) in [5.41, 5.74) is 2.41. The zero-order valence-corrected chi connectivity index (χ0v) is 8.20. The number of aryl methyl sites for hydroxylation is 1. The average Bonchev–Trinajstić information content (AvgIpc) is 2.45. The maximum Gasteiger partial charge on any atom is 0.0924 e.